The normalized spacial score (nSPS) is 10.7. The number of methoxy groups -OCH3 is 1. The van der Waals surface area contributed by atoms with Gasteiger partial charge in [0.05, 0.1) is 31.8 Å². The molecule has 122 valence electrons. The third kappa shape index (κ3) is 4.35. The lowest BCUT2D eigenvalue weighted by Gasteiger charge is -2.10. The number of carbonyl (C=O) groups excluding carboxylic acids is 1. The molecule has 1 N–H and O–H groups in total. The molecule has 0 fully saturated rings. The molecule has 1 heterocycles. The first-order chi connectivity index (χ1) is 11.2. The van der Waals surface area contributed by atoms with Gasteiger partial charge in [-0.25, -0.2) is 5.43 Å². The van der Waals surface area contributed by atoms with E-state index in [0.717, 1.165) is 12.0 Å². The Hall–Kier alpha value is -2.76. The lowest BCUT2D eigenvalue weighted by molar-refractivity contribution is 0.0953. The maximum Gasteiger partial charge on any atom is 0.274 e. The average Bonchev–Trinajstić information content (AvgIpc) is 2.99. The molecule has 1 amide bonds. The zero-order valence-corrected chi connectivity index (χ0v) is 13.5. The Morgan fingerprint density at radius 1 is 1.35 bits per heavy atom. The molecular weight excluding hydrogens is 296 g/mol. The minimum Gasteiger partial charge on any atom is -0.493 e. The Morgan fingerprint density at radius 3 is 2.83 bits per heavy atom. The van der Waals surface area contributed by atoms with Crippen LogP contribution in [0.3, 0.4) is 0 Å². The van der Waals surface area contributed by atoms with E-state index in [0.29, 0.717) is 29.4 Å². The third-order valence-corrected chi connectivity index (χ3v) is 3.13. The summed E-state index contributed by atoms with van der Waals surface area (Å²) in [6, 6.07) is 7.05. The first kappa shape index (κ1) is 16.6. The molecular formula is C17H20N2O4. The number of nitrogens with one attached hydrogen (secondary N) is 1. The smallest absolute Gasteiger partial charge is 0.274 e. The number of nitrogens with zero attached hydrogens (tertiary/aromatic N) is 1. The topological polar surface area (TPSA) is 73.1 Å². The van der Waals surface area contributed by atoms with Gasteiger partial charge in [0.15, 0.2) is 11.5 Å². The van der Waals surface area contributed by atoms with Crippen molar-refractivity contribution in [3.05, 3.63) is 47.4 Å². The number of hydrazone groups is 1. The van der Waals surface area contributed by atoms with Crippen LogP contribution in [0.4, 0.5) is 0 Å². The Bertz CT molecular complexity index is 692. The molecule has 0 unspecified atom stereocenters. The van der Waals surface area contributed by atoms with E-state index in [1.165, 1.54) is 6.26 Å². The molecule has 0 saturated heterocycles. The molecule has 2 rings (SSSR count). The molecule has 23 heavy (non-hydrogen) atoms. The van der Waals surface area contributed by atoms with Gasteiger partial charge in [-0.05, 0) is 43.2 Å². The van der Waals surface area contributed by atoms with E-state index in [1.54, 1.807) is 32.4 Å². The van der Waals surface area contributed by atoms with Gasteiger partial charge in [0.2, 0.25) is 0 Å². The fraction of sp³-hybridized carbons (Fsp3) is 0.294. The van der Waals surface area contributed by atoms with Crippen LogP contribution in [0.2, 0.25) is 0 Å². The van der Waals surface area contributed by atoms with Crippen LogP contribution in [-0.2, 0) is 0 Å². The predicted octanol–water partition coefficient (Wildman–Crippen LogP) is 3.15. The fourth-order valence-electron chi connectivity index (χ4n) is 1.94. The Morgan fingerprint density at radius 2 is 2.17 bits per heavy atom. The summed E-state index contributed by atoms with van der Waals surface area (Å²) in [6.45, 7) is 4.39. The molecule has 0 radical (unpaired) electrons. The Balaban J connectivity index is 2.02. The first-order valence-corrected chi connectivity index (χ1v) is 7.34. The van der Waals surface area contributed by atoms with Gasteiger partial charge in [-0.15, -0.1) is 0 Å². The first-order valence-electron chi connectivity index (χ1n) is 7.34. The maximum absolute atomic E-state index is 11.9. The molecule has 6 heteroatoms. The lowest BCUT2D eigenvalue weighted by Crippen LogP contribution is -2.17. The largest absolute Gasteiger partial charge is 0.493 e. The minimum absolute atomic E-state index is 0.317. The minimum atomic E-state index is -0.317. The highest BCUT2D eigenvalue weighted by atomic mass is 16.5. The Kier molecular flexibility index (Phi) is 5.80. The number of ether oxygens (including phenoxy) is 2. The van der Waals surface area contributed by atoms with Crippen molar-refractivity contribution in [1.29, 1.82) is 0 Å². The van der Waals surface area contributed by atoms with E-state index >= 15 is 0 Å². The van der Waals surface area contributed by atoms with Crippen molar-refractivity contribution in [3.8, 4) is 11.5 Å². The number of hydrogen-bond acceptors (Lipinski definition) is 5. The lowest BCUT2D eigenvalue weighted by atomic mass is 10.2. The summed E-state index contributed by atoms with van der Waals surface area (Å²) in [5, 5.41) is 3.94. The van der Waals surface area contributed by atoms with Crippen LogP contribution in [-0.4, -0.2) is 25.8 Å². The summed E-state index contributed by atoms with van der Waals surface area (Å²) in [4.78, 5) is 11.9. The highest BCUT2D eigenvalue weighted by Crippen LogP contribution is 2.27. The van der Waals surface area contributed by atoms with Crippen molar-refractivity contribution >= 4 is 12.1 Å². The molecule has 2 aromatic rings. The van der Waals surface area contributed by atoms with E-state index in [-0.39, 0.29) is 5.91 Å². The van der Waals surface area contributed by atoms with Gasteiger partial charge in [-0.1, -0.05) is 6.92 Å². The number of aryl methyl sites for hydroxylation is 1. The monoisotopic (exact) mass is 316 g/mol. The second-order valence-electron chi connectivity index (χ2n) is 4.85. The highest BCUT2D eigenvalue weighted by Gasteiger charge is 2.10. The van der Waals surface area contributed by atoms with Crippen molar-refractivity contribution in [3.63, 3.8) is 0 Å². The van der Waals surface area contributed by atoms with E-state index in [4.69, 9.17) is 13.9 Å². The van der Waals surface area contributed by atoms with Gasteiger partial charge in [-0.3, -0.25) is 4.79 Å². The van der Waals surface area contributed by atoms with Crippen molar-refractivity contribution in [2.45, 2.75) is 20.3 Å². The van der Waals surface area contributed by atoms with E-state index in [1.807, 2.05) is 19.1 Å². The third-order valence-electron chi connectivity index (χ3n) is 3.13. The van der Waals surface area contributed by atoms with Crippen LogP contribution in [0.15, 0.2) is 40.0 Å². The number of benzene rings is 1. The standard InChI is InChI=1S/C17H20N2O4/c1-4-8-23-15-6-5-13(10-16(15)21-3)11-18-19-17(20)14-7-9-22-12(14)2/h5-7,9-11H,4,8H2,1-3H3,(H,19,20)/b18-11+. The molecule has 0 aliphatic heterocycles. The number of rotatable bonds is 7. The quantitative estimate of drug-likeness (QED) is 0.629. The molecule has 1 aromatic heterocycles. The summed E-state index contributed by atoms with van der Waals surface area (Å²) < 4.78 is 16.0. The zero-order valence-electron chi connectivity index (χ0n) is 13.5. The van der Waals surface area contributed by atoms with Crippen LogP contribution in [0.1, 0.15) is 35.0 Å². The van der Waals surface area contributed by atoms with Gasteiger partial charge in [0.25, 0.3) is 5.91 Å². The van der Waals surface area contributed by atoms with Gasteiger partial charge in [0, 0.05) is 0 Å². The molecule has 0 spiro atoms. The van der Waals surface area contributed by atoms with Crippen LogP contribution >= 0.6 is 0 Å². The number of hydrogen-bond donors (Lipinski definition) is 1. The van der Waals surface area contributed by atoms with Crippen LogP contribution in [0, 0.1) is 6.92 Å². The molecule has 6 nitrogen and oxygen atoms in total. The maximum atomic E-state index is 11.9. The molecule has 0 bridgehead atoms. The van der Waals surface area contributed by atoms with Crippen molar-refractivity contribution < 1.29 is 18.7 Å². The van der Waals surface area contributed by atoms with Crippen molar-refractivity contribution in [2.75, 3.05) is 13.7 Å². The van der Waals surface area contributed by atoms with Crippen LogP contribution in [0.25, 0.3) is 0 Å². The second-order valence-corrected chi connectivity index (χ2v) is 4.85. The number of carbonyl (C=O) groups is 1. The van der Waals surface area contributed by atoms with E-state index < -0.39 is 0 Å². The SMILES string of the molecule is CCCOc1ccc(/C=N/NC(=O)c2ccoc2C)cc1OC. The number of furan rings is 1. The summed E-state index contributed by atoms with van der Waals surface area (Å²) in [7, 11) is 1.58. The van der Waals surface area contributed by atoms with Gasteiger partial charge < -0.3 is 13.9 Å². The van der Waals surface area contributed by atoms with E-state index in [2.05, 4.69) is 10.5 Å². The van der Waals surface area contributed by atoms with E-state index in [9.17, 15) is 4.79 Å². The average molecular weight is 316 g/mol. The van der Waals surface area contributed by atoms with Crippen LogP contribution in [0.5, 0.6) is 11.5 Å². The number of amides is 1. The summed E-state index contributed by atoms with van der Waals surface area (Å²) >= 11 is 0. The summed E-state index contributed by atoms with van der Waals surface area (Å²) in [5.74, 6) is 1.54. The Labute approximate surface area is 135 Å². The second kappa shape index (κ2) is 8.03. The molecule has 0 atom stereocenters. The van der Waals surface area contributed by atoms with Crippen LogP contribution < -0.4 is 14.9 Å². The molecule has 0 aliphatic carbocycles. The zero-order chi connectivity index (χ0) is 16.7. The summed E-state index contributed by atoms with van der Waals surface area (Å²) in [5.41, 5.74) is 3.71. The van der Waals surface area contributed by atoms with Gasteiger partial charge in [-0.2, -0.15) is 5.10 Å². The van der Waals surface area contributed by atoms with Gasteiger partial charge in [0.1, 0.15) is 5.76 Å². The predicted molar refractivity (Wildman–Crippen MR) is 87.3 cm³/mol. The summed E-state index contributed by atoms with van der Waals surface area (Å²) in [6.07, 6.45) is 3.93. The molecule has 1 aromatic carbocycles. The van der Waals surface area contributed by atoms with Gasteiger partial charge >= 0.3 is 0 Å². The van der Waals surface area contributed by atoms with Crippen molar-refractivity contribution in [1.82, 2.24) is 5.43 Å². The van der Waals surface area contributed by atoms with Crippen molar-refractivity contribution in [2.24, 2.45) is 5.10 Å². The highest BCUT2D eigenvalue weighted by molar-refractivity contribution is 5.95. The molecule has 0 aliphatic rings. The fourth-order valence-corrected chi connectivity index (χ4v) is 1.94. The molecule has 0 saturated carbocycles.